The highest BCUT2D eigenvalue weighted by Crippen LogP contribution is 2.43. The zero-order valence-corrected chi connectivity index (χ0v) is 27.3. The fourth-order valence-electron chi connectivity index (χ4n) is 7.11. The Kier molecular flexibility index (Phi) is 12.5. The molecule has 0 bridgehead atoms. The van der Waals surface area contributed by atoms with Gasteiger partial charge in [-0.25, -0.2) is 0 Å². The summed E-state index contributed by atoms with van der Waals surface area (Å²) in [5, 5.41) is 3.72. The molecule has 3 rings (SSSR count). The monoisotopic (exact) mass is 586 g/mol. The predicted molar refractivity (Wildman–Crippen MR) is 169 cm³/mol. The van der Waals surface area contributed by atoms with E-state index in [0.717, 1.165) is 63.4 Å². The highest BCUT2D eigenvalue weighted by atomic mass is 35.5. The number of likely N-dealkylation sites (tertiary alicyclic amines) is 1. The molecule has 0 aromatic heterocycles. The van der Waals surface area contributed by atoms with Gasteiger partial charge in [0.2, 0.25) is 5.91 Å². The lowest BCUT2D eigenvalue weighted by Crippen LogP contribution is -2.72. The number of benzene rings is 1. The molecule has 2 aliphatic rings. The van der Waals surface area contributed by atoms with E-state index >= 15 is 0 Å². The summed E-state index contributed by atoms with van der Waals surface area (Å²) in [5.41, 5.74) is -0.0103. The van der Waals surface area contributed by atoms with Gasteiger partial charge in [-0.3, -0.25) is 14.4 Å². The number of fused-ring (bicyclic) bond motifs is 1. The third-order valence-corrected chi connectivity index (χ3v) is 10.6. The second-order valence-electron chi connectivity index (χ2n) is 13.1. The first-order valence-electron chi connectivity index (χ1n) is 16.4. The summed E-state index contributed by atoms with van der Waals surface area (Å²) in [6.07, 6.45) is 13.0. The van der Waals surface area contributed by atoms with Crippen molar-refractivity contribution in [3.63, 3.8) is 0 Å². The number of nitrogens with zero attached hydrogens (tertiary/aromatic N) is 1. The van der Waals surface area contributed by atoms with Crippen LogP contribution in [0.15, 0.2) is 24.3 Å². The summed E-state index contributed by atoms with van der Waals surface area (Å²) in [5.74, 6) is 0.488. The number of halogens is 1. The third-order valence-electron chi connectivity index (χ3n) is 10.3. The summed E-state index contributed by atoms with van der Waals surface area (Å²) in [6, 6.07) is 7.54. The second kappa shape index (κ2) is 15.1. The first kappa shape index (κ1) is 33.8. The fourth-order valence-corrected chi connectivity index (χ4v) is 7.29. The number of rotatable bonds is 16. The van der Waals surface area contributed by atoms with E-state index in [1.807, 2.05) is 63.8 Å². The summed E-state index contributed by atoms with van der Waals surface area (Å²) in [4.78, 5) is 43.8. The molecule has 1 saturated carbocycles. The van der Waals surface area contributed by atoms with Crippen LogP contribution in [0.25, 0.3) is 0 Å². The minimum absolute atomic E-state index is 0.0351. The molecule has 2 fully saturated rings. The molecule has 5 nitrogen and oxygen atoms in total. The molecule has 1 N–H and O–H groups in total. The Bertz CT molecular complexity index is 1030. The Morgan fingerprint density at radius 2 is 1.63 bits per heavy atom. The first-order chi connectivity index (χ1) is 19.6. The van der Waals surface area contributed by atoms with Gasteiger partial charge in [-0.15, -0.1) is 11.6 Å². The highest BCUT2D eigenvalue weighted by Gasteiger charge is 2.56. The SMILES string of the molecule is CCCCCC[C@H](NC(C)(CC)C(=O)c1ccc(CCl)cc1)[C@@H](C)C(=O)C(C)(CC)N1C(=O)[C@@H]2CCCCCC[C@@H]21. The van der Waals surface area contributed by atoms with Gasteiger partial charge >= 0.3 is 0 Å². The number of ketones is 2. The van der Waals surface area contributed by atoms with E-state index in [0.29, 0.717) is 24.3 Å². The van der Waals surface area contributed by atoms with Crippen molar-refractivity contribution in [1.82, 2.24) is 10.2 Å². The molecule has 2 unspecified atom stereocenters. The van der Waals surface area contributed by atoms with Gasteiger partial charge in [-0.2, -0.15) is 0 Å². The molecular formula is C35H55ClN2O3. The number of unbranched alkanes of at least 4 members (excludes halogenated alkanes) is 3. The van der Waals surface area contributed by atoms with E-state index in [-0.39, 0.29) is 41.4 Å². The van der Waals surface area contributed by atoms with Crippen molar-refractivity contribution in [1.29, 1.82) is 0 Å². The zero-order valence-electron chi connectivity index (χ0n) is 26.6. The summed E-state index contributed by atoms with van der Waals surface area (Å²) in [6.45, 7) is 12.3. The summed E-state index contributed by atoms with van der Waals surface area (Å²) < 4.78 is 0. The lowest BCUT2D eigenvalue weighted by molar-refractivity contribution is -0.176. The van der Waals surface area contributed by atoms with Crippen LogP contribution < -0.4 is 5.32 Å². The summed E-state index contributed by atoms with van der Waals surface area (Å²) >= 11 is 5.97. The van der Waals surface area contributed by atoms with Crippen LogP contribution in [0.5, 0.6) is 0 Å². The lowest BCUT2D eigenvalue weighted by atomic mass is 9.71. The number of β-lactam (4-membered cyclic amide) rings is 1. The van der Waals surface area contributed by atoms with Gasteiger partial charge in [0.15, 0.2) is 11.6 Å². The minimum Gasteiger partial charge on any atom is -0.326 e. The normalized spacial score (nSPS) is 23.7. The Morgan fingerprint density at radius 3 is 2.22 bits per heavy atom. The lowest BCUT2D eigenvalue weighted by Gasteiger charge is -2.57. The molecule has 6 heteroatoms. The first-order valence-corrected chi connectivity index (χ1v) is 17.0. The Balaban J connectivity index is 1.86. The van der Waals surface area contributed by atoms with E-state index in [4.69, 9.17) is 11.6 Å². The molecule has 1 aromatic carbocycles. The van der Waals surface area contributed by atoms with E-state index in [2.05, 4.69) is 12.2 Å². The van der Waals surface area contributed by atoms with Crippen LogP contribution in [0.1, 0.15) is 141 Å². The number of carbonyl (C=O) groups is 3. The standard InChI is InChI=1S/C35H55ClN2O3/c1-7-10-11-15-18-29(37-34(5,8-2)32(40)27-22-20-26(24-36)21-23-27)25(4)31(39)35(6,9-3)38-30-19-16-13-12-14-17-28(30)33(38)41/h20-23,25,28-30,37H,7-19,24H2,1-6H3/t25-,28-,29+,30+,34?,35?/m1/s1. The van der Waals surface area contributed by atoms with Crippen molar-refractivity contribution in [3.8, 4) is 0 Å². The van der Waals surface area contributed by atoms with Gasteiger partial charge in [0.25, 0.3) is 0 Å². The number of alkyl halides is 1. The predicted octanol–water partition coefficient (Wildman–Crippen LogP) is 8.26. The largest absolute Gasteiger partial charge is 0.326 e. The van der Waals surface area contributed by atoms with Crippen LogP contribution >= 0.6 is 11.6 Å². The van der Waals surface area contributed by atoms with Crippen molar-refractivity contribution in [2.45, 2.75) is 154 Å². The molecule has 6 atom stereocenters. The third kappa shape index (κ3) is 7.44. The van der Waals surface area contributed by atoms with Gasteiger partial charge in [0.1, 0.15) is 0 Å². The minimum atomic E-state index is -0.829. The van der Waals surface area contributed by atoms with E-state index in [1.54, 1.807) is 0 Å². The van der Waals surface area contributed by atoms with Gasteiger partial charge in [0.05, 0.1) is 17.0 Å². The Morgan fingerprint density at radius 1 is 0.976 bits per heavy atom. The second-order valence-corrected chi connectivity index (χ2v) is 13.4. The van der Waals surface area contributed by atoms with Crippen LogP contribution in [-0.4, -0.2) is 45.5 Å². The maximum absolute atomic E-state index is 14.5. The molecule has 1 heterocycles. The molecule has 1 amide bonds. The number of hydrogen-bond donors (Lipinski definition) is 1. The maximum Gasteiger partial charge on any atom is 0.228 e. The van der Waals surface area contributed by atoms with Crippen LogP contribution in [0.2, 0.25) is 0 Å². The molecule has 1 aliphatic heterocycles. The Hall–Kier alpha value is -1.72. The molecule has 41 heavy (non-hydrogen) atoms. The number of amides is 1. The van der Waals surface area contributed by atoms with Gasteiger partial charge in [-0.1, -0.05) is 103 Å². The van der Waals surface area contributed by atoms with Gasteiger partial charge < -0.3 is 10.2 Å². The molecule has 1 aliphatic carbocycles. The van der Waals surface area contributed by atoms with Crippen molar-refractivity contribution in [3.05, 3.63) is 35.4 Å². The van der Waals surface area contributed by atoms with Crippen molar-refractivity contribution >= 4 is 29.1 Å². The van der Waals surface area contributed by atoms with Crippen LogP contribution in [0, 0.1) is 11.8 Å². The quantitative estimate of drug-likeness (QED) is 0.0916. The topological polar surface area (TPSA) is 66.5 Å². The summed E-state index contributed by atoms with van der Waals surface area (Å²) in [7, 11) is 0. The maximum atomic E-state index is 14.5. The van der Waals surface area contributed by atoms with E-state index < -0.39 is 11.1 Å². The molecule has 1 saturated heterocycles. The number of nitrogens with one attached hydrogen (secondary N) is 1. The smallest absolute Gasteiger partial charge is 0.228 e. The number of carbonyl (C=O) groups excluding carboxylic acids is 3. The van der Waals surface area contributed by atoms with E-state index in [9.17, 15) is 14.4 Å². The molecule has 230 valence electrons. The fraction of sp³-hybridized carbons (Fsp3) is 0.743. The molecule has 1 aromatic rings. The highest BCUT2D eigenvalue weighted by molar-refractivity contribution is 6.17. The van der Waals surface area contributed by atoms with Crippen molar-refractivity contribution in [2.75, 3.05) is 0 Å². The van der Waals surface area contributed by atoms with Crippen molar-refractivity contribution in [2.24, 2.45) is 11.8 Å². The van der Waals surface area contributed by atoms with Gasteiger partial charge in [0, 0.05) is 29.4 Å². The van der Waals surface area contributed by atoms with E-state index in [1.165, 1.54) is 12.8 Å². The average Bonchev–Trinajstić information content (AvgIpc) is 2.98. The Labute approximate surface area is 254 Å². The van der Waals surface area contributed by atoms with Crippen molar-refractivity contribution < 1.29 is 14.4 Å². The number of Topliss-reactive ketones (excluding diaryl/α,β-unsaturated/α-hetero) is 2. The van der Waals surface area contributed by atoms with Crippen LogP contribution in [-0.2, 0) is 15.5 Å². The average molecular weight is 587 g/mol. The molecule has 0 radical (unpaired) electrons. The molecule has 0 spiro atoms. The zero-order chi connectivity index (χ0) is 30.2. The molecular weight excluding hydrogens is 532 g/mol. The van der Waals surface area contributed by atoms with Gasteiger partial charge in [-0.05, 0) is 51.5 Å². The number of hydrogen-bond acceptors (Lipinski definition) is 4. The van der Waals surface area contributed by atoms with Crippen LogP contribution in [0.4, 0.5) is 0 Å². The van der Waals surface area contributed by atoms with Crippen LogP contribution in [0.3, 0.4) is 0 Å².